The highest BCUT2D eigenvalue weighted by atomic mass is 16.3. The van der Waals surface area contributed by atoms with E-state index in [1.165, 1.54) is 12.8 Å². The molecule has 15 heavy (non-hydrogen) atoms. The van der Waals surface area contributed by atoms with Gasteiger partial charge in [0.25, 0.3) is 0 Å². The van der Waals surface area contributed by atoms with E-state index >= 15 is 0 Å². The number of carbonyl (C=O) groups is 1. The van der Waals surface area contributed by atoms with Gasteiger partial charge in [0.2, 0.25) is 5.91 Å². The molecule has 0 aromatic heterocycles. The van der Waals surface area contributed by atoms with Gasteiger partial charge >= 0.3 is 0 Å². The molecule has 5 heteroatoms. The summed E-state index contributed by atoms with van der Waals surface area (Å²) >= 11 is 0. The average Bonchev–Trinajstić information content (AvgIpc) is 2.26. The molecule has 1 fully saturated rings. The van der Waals surface area contributed by atoms with Gasteiger partial charge in [-0.1, -0.05) is 12.8 Å². The molecule has 0 aromatic rings. The molecule has 0 saturated heterocycles. The molecule has 6 N–H and O–H groups in total. The zero-order valence-electron chi connectivity index (χ0n) is 8.98. The van der Waals surface area contributed by atoms with E-state index in [1.54, 1.807) is 0 Å². The lowest BCUT2D eigenvalue weighted by Crippen LogP contribution is -2.47. The molecular weight excluding hydrogens is 194 g/mol. The van der Waals surface area contributed by atoms with E-state index < -0.39 is 12.0 Å². The van der Waals surface area contributed by atoms with Crippen molar-refractivity contribution in [3.63, 3.8) is 0 Å². The number of nitrogens with two attached hydrogens (primary N) is 2. The number of aliphatic hydroxyl groups is 1. The van der Waals surface area contributed by atoms with Crippen molar-refractivity contribution in [2.75, 3.05) is 13.1 Å². The number of primary amides is 1. The van der Waals surface area contributed by atoms with Crippen molar-refractivity contribution in [3.05, 3.63) is 0 Å². The second-order valence-corrected chi connectivity index (χ2v) is 4.21. The summed E-state index contributed by atoms with van der Waals surface area (Å²) in [6.07, 6.45) is 3.50. The molecule has 3 unspecified atom stereocenters. The highest BCUT2D eigenvalue weighted by Crippen LogP contribution is 2.23. The zero-order chi connectivity index (χ0) is 11.3. The Morgan fingerprint density at radius 3 is 2.73 bits per heavy atom. The van der Waals surface area contributed by atoms with Crippen LogP contribution in [0.15, 0.2) is 0 Å². The van der Waals surface area contributed by atoms with Crippen LogP contribution in [0.4, 0.5) is 0 Å². The third-order valence-corrected chi connectivity index (χ3v) is 3.11. The number of carbonyl (C=O) groups excluding carboxylic acids is 1. The van der Waals surface area contributed by atoms with Gasteiger partial charge in [-0.05, 0) is 25.3 Å². The van der Waals surface area contributed by atoms with E-state index in [4.69, 9.17) is 11.5 Å². The van der Waals surface area contributed by atoms with Gasteiger partial charge in [0.05, 0.1) is 0 Å². The largest absolute Gasteiger partial charge is 0.382 e. The van der Waals surface area contributed by atoms with E-state index in [9.17, 15) is 9.90 Å². The Balaban J connectivity index is 2.32. The van der Waals surface area contributed by atoms with E-state index in [0.717, 1.165) is 12.8 Å². The van der Waals surface area contributed by atoms with Crippen molar-refractivity contribution in [3.8, 4) is 0 Å². The Kier molecular flexibility index (Phi) is 5.01. The number of hydrogen-bond donors (Lipinski definition) is 4. The topological polar surface area (TPSA) is 101 Å². The molecule has 0 aromatic carbocycles. The Labute approximate surface area is 90.2 Å². The molecule has 1 amide bonds. The first-order valence-corrected chi connectivity index (χ1v) is 5.56. The lowest BCUT2D eigenvalue weighted by atomic mass is 9.84. The van der Waals surface area contributed by atoms with E-state index in [0.29, 0.717) is 18.5 Å². The van der Waals surface area contributed by atoms with Crippen LogP contribution in [-0.4, -0.2) is 36.2 Å². The minimum absolute atomic E-state index is 0.233. The molecule has 0 heterocycles. The maximum absolute atomic E-state index is 10.6. The van der Waals surface area contributed by atoms with Crippen molar-refractivity contribution >= 4 is 5.91 Å². The highest BCUT2D eigenvalue weighted by molar-refractivity contribution is 5.78. The van der Waals surface area contributed by atoms with Gasteiger partial charge in [-0.3, -0.25) is 4.79 Å². The SMILES string of the molecule is NCC1CCCCC1NCC(O)C(N)=O. The van der Waals surface area contributed by atoms with Gasteiger partial charge in [-0.2, -0.15) is 0 Å². The molecule has 0 aliphatic heterocycles. The first kappa shape index (κ1) is 12.4. The number of rotatable bonds is 5. The summed E-state index contributed by atoms with van der Waals surface area (Å²) in [6.45, 7) is 0.890. The summed E-state index contributed by atoms with van der Waals surface area (Å²) in [4.78, 5) is 10.6. The van der Waals surface area contributed by atoms with Crippen LogP contribution in [0.2, 0.25) is 0 Å². The average molecular weight is 215 g/mol. The highest BCUT2D eigenvalue weighted by Gasteiger charge is 2.24. The lowest BCUT2D eigenvalue weighted by molar-refractivity contribution is -0.125. The second-order valence-electron chi connectivity index (χ2n) is 4.21. The van der Waals surface area contributed by atoms with Crippen LogP contribution in [0.1, 0.15) is 25.7 Å². The standard InChI is InChI=1S/C10H21N3O2/c11-5-7-3-1-2-4-8(7)13-6-9(14)10(12)15/h7-9,13-14H,1-6,11H2,(H2,12,15). The van der Waals surface area contributed by atoms with E-state index in [-0.39, 0.29) is 6.54 Å². The van der Waals surface area contributed by atoms with Crippen molar-refractivity contribution in [1.82, 2.24) is 5.32 Å². The third-order valence-electron chi connectivity index (χ3n) is 3.11. The van der Waals surface area contributed by atoms with Crippen LogP contribution in [0.25, 0.3) is 0 Å². The molecule has 1 saturated carbocycles. The molecule has 0 radical (unpaired) electrons. The van der Waals surface area contributed by atoms with Crippen molar-refractivity contribution in [2.24, 2.45) is 17.4 Å². The Morgan fingerprint density at radius 2 is 2.13 bits per heavy atom. The zero-order valence-corrected chi connectivity index (χ0v) is 8.98. The smallest absolute Gasteiger partial charge is 0.247 e. The molecule has 0 spiro atoms. The Morgan fingerprint density at radius 1 is 1.47 bits per heavy atom. The van der Waals surface area contributed by atoms with Crippen LogP contribution in [0, 0.1) is 5.92 Å². The monoisotopic (exact) mass is 215 g/mol. The Hall–Kier alpha value is -0.650. The predicted molar refractivity (Wildman–Crippen MR) is 58.0 cm³/mol. The fourth-order valence-electron chi connectivity index (χ4n) is 2.12. The van der Waals surface area contributed by atoms with Gasteiger partial charge in [-0.25, -0.2) is 0 Å². The summed E-state index contributed by atoms with van der Waals surface area (Å²) in [5.74, 6) is -0.221. The normalized spacial score (nSPS) is 28.7. The predicted octanol–water partition coefficient (Wildman–Crippen LogP) is -1.06. The van der Waals surface area contributed by atoms with Crippen LogP contribution >= 0.6 is 0 Å². The van der Waals surface area contributed by atoms with Gasteiger partial charge in [-0.15, -0.1) is 0 Å². The minimum atomic E-state index is -1.09. The first-order valence-electron chi connectivity index (χ1n) is 5.56. The van der Waals surface area contributed by atoms with E-state index in [1.807, 2.05) is 0 Å². The summed E-state index contributed by atoms with van der Waals surface area (Å²) < 4.78 is 0. The van der Waals surface area contributed by atoms with Gasteiger partial charge in [0.1, 0.15) is 6.10 Å². The van der Waals surface area contributed by atoms with Crippen LogP contribution in [-0.2, 0) is 4.79 Å². The molecular formula is C10H21N3O2. The molecule has 1 rings (SSSR count). The number of amides is 1. The summed E-state index contributed by atoms with van der Waals surface area (Å²) in [6, 6.07) is 0.317. The summed E-state index contributed by atoms with van der Waals surface area (Å²) in [7, 11) is 0. The van der Waals surface area contributed by atoms with Crippen LogP contribution in [0.5, 0.6) is 0 Å². The van der Waals surface area contributed by atoms with Crippen LogP contribution in [0.3, 0.4) is 0 Å². The number of aliphatic hydroxyl groups excluding tert-OH is 1. The second kappa shape index (κ2) is 6.05. The van der Waals surface area contributed by atoms with Crippen molar-refractivity contribution in [1.29, 1.82) is 0 Å². The van der Waals surface area contributed by atoms with Crippen molar-refractivity contribution < 1.29 is 9.90 Å². The quantitative estimate of drug-likeness (QED) is 0.469. The van der Waals surface area contributed by atoms with E-state index in [2.05, 4.69) is 5.32 Å². The third kappa shape index (κ3) is 3.77. The van der Waals surface area contributed by atoms with Gasteiger partial charge < -0.3 is 21.9 Å². The minimum Gasteiger partial charge on any atom is -0.382 e. The van der Waals surface area contributed by atoms with Crippen molar-refractivity contribution in [2.45, 2.75) is 37.8 Å². The summed E-state index contributed by atoms with van der Waals surface area (Å²) in [5, 5.41) is 12.4. The maximum Gasteiger partial charge on any atom is 0.247 e. The fraction of sp³-hybridized carbons (Fsp3) is 0.900. The molecule has 3 atom stereocenters. The molecule has 0 bridgehead atoms. The maximum atomic E-state index is 10.6. The summed E-state index contributed by atoms with van der Waals surface area (Å²) in [5.41, 5.74) is 10.6. The molecule has 88 valence electrons. The molecule has 1 aliphatic carbocycles. The van der Waals surface area contributed by atoms with Gasteiger partial charge in [0.15, 0.2) is 0 Å². The van der Waals surface area contributed by atoms with Crippen LogP contribution < -0.4 is 16.8 Å². The number of hydrogen-bond acceptors (Lipinski definition) is 4. The lowest BCUT2D eigenvalue weighted by Gasteiger charge is -2.31. The Bertz CT molecular complexity index is 211. The number of nitrogens with one attached hydrogen (secondary N) is 1. The first-order chi connectivity index (χ1) is 7.15. The fourth-order valence-corrected chi connectivity index (χ4v) is 2.12. The van der Waals surface area contributed by atoms with Gasteiger partial charge in [0, 0.05) is 12.6 Å². The molecule has 5 nitrogen and oxygen atoms in total. The molecule has 1 aliphatic rings.